The molecule has 1 heterocycles. The SMILES string of the molecule is COc1ccc(Br)c(-c2nc3c(s2)C(N)CCC3)c1. The highest BCUT2D eigenvalue weighted by atomic mass is 79.9. The van der Waals surface area contributed by atoms with Crippen molar-refractivity contribution < 1.29 is 4.74 Å². The maximum atomic E-state index is 6.17. The Morgan fingerprint density at radius 2 is 2.32 bits per heavy atom. The number of hydrogen-bond acceptors (Lipinski definition) is 4. The quantitative estimate of drug-likeness (QED) is 0.902. The van der Waals surface area contributed by atoms with Gasteiger partial charge in [0.2, 0.25) is 0 Å². The molecule has 3 nitrogen and oxygen atoms in total. The first kappa shape index (κ1) is 13.1. The number of thiazole rings is 1. The van der Waals surface area contributed by atoms with Crippen LogP contribution in [0.1, 0.15) is 29.5 Å². The average molecular weight is 339 g/mol. The molecule has 0 radical (unpaired) electrons. The van der Waals surface area contributed by atoms with Gasteiger partial charge in [0.15, 0.2) is 0 Å². The van der Waals surface area contributed by atoms with Crippen LogP contribution in [-0.4, -0.2) is 12.1 Å². The van der Waals surface area contributed by atoms with Gasteiger partial charge in [-0.25, -0.2) is 4.98 Å². The Hall–Kier alpha value is -0.910. The summed E-state index contributed by atoms with van der Waals surface area (Å²) in [5.74, 6) is 0.843. The normalized spacial score (nSPS) is 18.2. The van der Waals surface area contributed by atoms with Gasteiger partial charge in [-0.15, -0.1) is 11.3 Å². The monoisotopic (exact) mass is 338 g/mol. The van der Waals surface area contributed by atoms with Crippen LogP contribution in [0.15, 0.2) is 22.7 Å². The first-order valence-corrected chi connectivity index (χ1v) is 7.89. The molecule has 5 heteroatoms. The number of aryl methyl sites for hydroxylation is 1. The average Bonchev–Trinajstić information content (AvgIpc) is 2.84. The maximum Gasteiger partial charge on any atom is 0.125 e. The topological polar surface area (TPSA) is 48.1 Å². The van der Waals surface area contributed by atoms with Crippen molar-refractivity contribution >= 4 is 27.3 Å². The molecule has 2 aromatic rings. The van der Waals surface area contributed by atoms with Crippen molar-refractivity contribution in [1.82, 2.24) is 4.98 Å². The number of hydrogen-bond donors (Lipinski definition) is 1. The number of nitrogens with zero attached hydrogens (tertiary/aromatic N) is 1. The van der Waals surface area contributed by atoms with Crippen LogP contribution in [0, 0.1) is 0 Å². The summed E-state index contributed by atoms with van der Waals surface area (Å²) < 4.78 is 6.32. The molecule has 1 aliphatic carbocycles. The highest BCUT2D eigenvalue weighted by Gasteiger charge is 2.22. The number of rotatable bonds is 2. The van der Waals surface area contributed by atoms with E-state index in [1.807, 2.05) is 18.2 Å². The molecule has 0 saturated carbocycles. The summed E-state index contributed by atoms with van der Waals surface area (Å²) >= 11 is 5.29. The van der Waals surface area contributed by atoms with Gasteiger partial charge in [0.1, 0.15) is 10.8 Å². The van der Waals surface area contributed by atoms with Gasteiger partial charge in [0, 0.05) is 21.0 Å². The van der Waals surface area contributed by atoms with E-state index < -0.39 is 0 Å². The molecule has 0 saturated heterocycles. The van der Waals surface area contributed by atoms with Crippen LogP contribution in [0.3, 0.4) is 0 Å². The van der Waals surface area contributed by atoms with E-state index in [-0.39, 0.29) is 6.04 Å². The molecule has 1 atom stereocenters. The summed E-state index contributed by atoms with van der Waals surface area (Å²) in [5.41, 5.74) is 8.42. The van der Waals surface area contributed by atoms with Gasteiger partial charge in [-0.3, -0.25) is 0 Å². The predicted molar refractivity (Wildman–Crippen MR) is 81.7 cm³/mol. The largest absolute Gasteiger partial charge is 0.497 e. The van der Waals surface area contributed by atoms with Crippen LogP contribution in [0.4, 0.5) is 0 Å². The molecule has 1 aromatic heterocycles. The molecule has 0 amide bonds. The molecule has 2 N–H and O–H groups in total. The van der Waals surface area contributed by atoms with Crippen molar-refractivity contribution in [2.45, 2.75) is 25.3 Å². The van der Waals surface area contributed by atoms with Gasteiger partial charge in [-0.2, -0.15) is 0 Å². The van der Waals surface area contributed by atoms with Crippen LogP contribution < -0.4 is 10.5 Å². The second-order valence-electron chi connectivity index (χ2n) is 4.67. The summed E-state index contributed by atoms with van der Waals surface area (Å²) in [6.07, 6.45) is 3.24. The van der Waals surface area contributed by atoms with Crippen LogP contribution >= 0.6 is 27.3 Å². The van der Waals surface area contributed by atoms with Crippen molar-refractivity contribution in [2.24, 2.45) is 5.73 Å². The minimum atomic E-state index is 0.152. The Morgan fingerprint density at radius 1 is 1.47 bits per heavy atom. The lowest BCUT2D eigenvalue weighted by Crippen LogP contribution is -2.15. The van der Waals surface area contributed by atoms with E-state index in [0.717, 1.165) is 40.1 Å². The Balaban J connectivity index is 2.07. The third-order valence-corrected chi connectivity index (χ3v) is 5.35. The molecule has 1 aliphatic rings. The van der Waals surface area contributed by atoms with E-state index >= 15 is 0 Å². The first-order chi connectivity index (χ1) is 9.19. The zero-order valence-corrected chi connectivity index (χ0v) is 13.1. The third-order valence-electron chi connectivity index (χ3n) is 3.40. The van der Waals surface area contributed by atoms with Crippen molar-refractivity contribution in [2.75, 3.05) is 7.11 Å². The minimum absolute atomic E-state index is 0.152. The second kappa shape index (κ2) is 5.23. The van der Waals surface area contributed by atoms with E-state index in [1.165, 1.54) is 10.6 Å². The van der Waals surface area contributed by atoms with Crippen LogP contribution in [0.2, 0.25) is 0 Å². The zero-order valence-electron chi connectivity index (χ0n) is 10.6. The summed E-state index contributed by atoms with van der Waals surface area (Å²) in [6, 6.07) is 6.10. The fourth-order valence-electron chi connectivity index (χ4n) is 2.36. The minimum Gasteiger partial charge on any atom is -0.497 e. The molecular weight excluding hydrogens is 324 g/mol. The molecular formula is C14H15BrN2OS. The van der Waals surface area contributed by atoms with Gasteiger partial charge in [-0.05, 0) is 37.5 Å². The molecule has 0 aliphatic heterocycles. The van der Waals surface area contributed by atoms with Crippen molar-refractivity contribution in [3.8, 4) is 16.3 Å². The Labute approximate surface area is 124 Å². The molecule has 1 unspecified atom stereocenters. The first-order valence-electron chi connectivity index (χ1n) is 6.28. The number of nitrogens with two attached hydrogens (primary N) is 1. The van der Waals surface area contributed by atoms with Crippen molar-refractivity contribution in [3.63, 3.8) is 0 Å². The Kier molecular flexibility index (Phi) is 3.60. The van der Waals surface area contributed by atoms with Gasteiger partial charge >= 0.3 is 0 Å². The van der Waals surface area contributed by atoms with E-state index in [0.29, 0.717) is 0 Å². The number of benzene rings is 1. The van der Waals surface area contributed by atoms with Gasteiger partial charge in [-0.1, -0.05) is 15.9 Å². The number of ether oxygens (including phenoxy) is 1. The van der Waals surface area contributed by atoms with E-state index in [2.05, 4.69) is 15.9 Å². The number of halogens is 1. The lowest BCUT2D eigenvalue weighted by Gasteiger charge is -2.15. The molecule has 100 valence electrons. The standard InChI is InChI=1S/C14H15BrN2OS/c1-18-8-5-6-10(15)9(7-8)14-17-12-4-2-3-11(16)13(12)19-14/h5-7,11H,2-4,16H2,1H3. The number of methoxy groups -OCH3 is 1. The van der Waals surface area contributed by atoms with Crippen LogP contribution in [-0.2, 0) is 6.42 Å². The summed E-state index contributed by atoms with van der Waals surface area (Å²) in [4.78, 5) is 6.01. The molecule has 1 aromatic carbocycles. The van der Waals surface area contributed by atoms with E-state index in [4.69, 9.17) is 15.5 Å². The molecule has 0 spiro atoms. The summed E-state index contributed by atoms with van der Waals surface area (Å²) in [7, 11) is 1.68. The lowest BCUT2D eigenvalue weighted by molar-refractivity contribution is 0.415. The Morgan fingerprint density at radius 3 is 3.05 bits per heavy atom. The van der Waals surface area contributed by atoms with Gasteiger partial charge < -0.3 is 10.5 Å². The zero-order chi connectivity index (χ0) is 13.4. The third kappa shape index (κ3) is 2.42. The molecule has 0 fully saturated rings. The predicted octanol–water partition coefficient (Wildman–Crippen LogP) is 3.92. The molecule has 0 bridgehead atoms. The fourth-order valence-corrected chi connectivity index (χ4v) is 4.11. The second-order valence-corrected chi connectivity index (χ2v) is 6.56. The van der Waals surface area contributed by atoms with Crippen LogP contribution in [0.25, 0.3) is 10.6 Å². The van der Waals surface area contributed by atoms with Crippen molar-refractivity contribution in [1.29, 1.82) is 0 Å². The highest BCUT2D eigenvalue weighted by molar-refractivity contribution is 9.10. The van der Waals surface area contributed by atoms with Crippen LogP contribution in [0.5, 0.6) is 5.75 Å². The lowest BCUT2D eigenvalue weighted by atomic mass is 9.99. The number of aromatic nitrogens is 1. The van der Waals surface area contributed by atoms with Gasteiger partial charge in [0.25, 0.3) is 0 Å². The highest BCUT2D eigenvalue weighted by Crippen LogP contribution is 2.40. The fraction of sp³-hybridized carbons (Fsp3) is 0.357. The number of fused-ring (bicyclic) bond motifs is 1. The molecule has 3 rings (SSSR count). The molecule has 19 heavy (non-hydrogen) atoms. The van der Waals surface area contributed by atoms with E-state index in [1.54, 1.807) is 18.4 Å². The summed E-state index contributed by atoms with van der Waals surface area (Å²) in [6.45, 7) is 0. The van der Waals surface area contributed by atoms with E-state index in [9.17, 15) is 0 Å². The smallest absolute Gasteiger partial charge is 0.125 e. The Bertz CT molecular complexity index is 611. The van der Waals surface area contributed by atoms with Crippen molar-refractivity contribution in [3.05, 3.63) is 33.2 Å². The summed E-state index contributed by atoms with van der Waals surface area (Å²) in [5, 5.41) is 1.02. The maximum absolute atomic E-state index is 6.17. The van der Waals surface area contributed by atoms with Gasteiger partial charge in [0.05, 0.1) is 12.8 Å².